The molecule has 7 heteroatoms. The third-order valence-corrected chi connectivity index (χ3v) is 4.39. The molecule has 2 aliphatic rings. The van der Waals surface area contributed by atoms with Crippen LogP contribution < -0.4 is 4.90 Å². The molecule has 1 atom stereocenters. The Morgan fingerprint density at radius 2 is 2.04 bits per heavy atom. The van der Waals surface area contributed by atoms with E-state index in [1.807, 2.05) is 11.8 Å². The highest BCUT2D eigenvalue weighted by Gasteiger charge is 2.27. The van der Waals surface area contributed by atoms with Crippen molar-refractivity contribution in [2.75, 3.05) is 37.7 Å². The van der Waals surface area contributed by atoms with Gasteiger partial charge in [-0.15, -0.1) is 0 Å². The Morgan fingerprint density at radius 1 is 1.30 bits per heavy atom. The highest BCUT2D eigenvalue weighted by atomic mass is 16.6. The molecule has 0 bridgehead atoms. The van der Waals surface area contributed by atoms with Crippen LogP contribution in [0, 0.1) is 10.1 Å². The maximum atomic E-state index is 12.6. The van der Waals surface area contributed by atoms with Gasteiger partial charge in [-0.1, -0.05) is 0 Å². The van der Waals surface area contributed by atoms with Gasteiger partial charge in [-0.3, -0.25) is 14.9 Å². The maximum Gasteiger partial charge on any atom is 0.293 e. The van der Waals surface area contributed by atoms with Crippen LogP contribution in [0.2, 0.25) is 0 Å². The summed E-state index contributed by atoms with van der Waals surface area (Å²) in [5.74, 6) is -0.170. The molecule has 0 aromatic heterocycles. The lowest BCUT2D eigenvalue weighted by Crippen LogP contribution is -2.44. The van der Waals surface area contributed by atoms with Crippen molar-refractivity contribution in [1.82, 2.24) is 4.90 Å². The van der Waals surface area contributed by atoms with Crippen molar-refractivity contribution >= 4 is 17.3 Å². The quantitative estimate of drug-likeness (QED) is 0.629. The summed E-state index contributed by atoms with van der Waals surface area (Å²) in [6.07, 6.45) is 2.08. The third-order valence-electron chi connectivity index (χ3n) is 4.39. The molecule has 0 radical (unpaired) electrons. The van der Waals surface area contributed by atoms with Crippen molar-refractivity contribution in [1.29, 1.82) is 0 Å². The summed E-state index contributed by atoms with van der Waals surface area (Å²) in [6.45, 7) is 5.11. The molecule has 23 heavy (non-hydrogen) atoms. The van der Waals surface area contributed by atoms with Gasteiger partial charge in [-0.2, -0.15) is 0 Å². The van der Waals surface area contributed by atoms with Gasteiger partial charge in [0.15, 0.2) is 0 Å². The number of anilines is 1. The fraction of sp³-hybridized carbons (Fsp3) is 0.562. The Morgan fingerprint density at radius 3 is 2.70 bits per heavy atom. The fourth-order valence-corrected chi connectivity index (χ4v) is 3.21. The Bertz CT molecular complexity index is 613. The summed E-state index contributed by atoms with van der Waals surface area (Å²) in [6, 6.07) is 4.82. The molecule has 2 heterocycles. The Hall–Kier alpha value is -2.15. The predicted octanol–water partition coefficient (Wildman–Crippen LogP) is 2.06. The number of nitrogens with zero attached hydrogens (tertiary/aromatic N) is 3. The van der Waals surface area contributed by atoms with Crippen molar-refractivity contribution in [3.63, 3.8) is 0 Å². The van der Waals surface area contributed by atoms with Crippen molar-refractivity contribution in [2.45, 2.75) is 25.9 Å². The topological polar surface area (TPSA) is 75.9 Å². The van der Waals surface area contributed by atoms with E-state index in [9.17, 15) is 14.9 Å². The summed E-state index contributed by atoms with van der Waals surface area (Å²) < 4.78 is 5.43. The molecule has 124 valence electrons. The molecule has 1 unspecified atom stereocenters. The Balaban J connectivity index is 1.86. The number of rotatable bonds is 3. The van der Waals surface area contributed by atoms with Gasteiger partial charge in [0.05, 0.1) is 17.6 Å². The molecule has 1 aromatic carbocycles. The van der Waals surface area contributed by atoms with Gasteiger partial charge in [0.2, 0.25) is 0 Å². The molecule has 0 N–H and O–H groups in total. The van der Waals surface area contributed by atoms with Gasteiger partial charge < -0.3 is 14.5 Å². The molecule has 0 aliphatic carbocycles. The van der Waals surface area contributed by atoms with Gasteiger partial charge in [0.25, 0.3) is 11.6 Å². The zero-order chi connectivity index (χ0) is 16.4. The Kier molecular flexibility index (Phi) is 4.47. The second-order valence-corrected chi connectivity index (χ2v) is 6.09. The number of amides is 1. The van der Waals surface area contributed by atoms with Crippen LogP contribution >= 0.6 is 0 Å². The molecule has 3 rings (SSSR count). The van der Waals surface area contributed by atoms with Gasteiger partial charge in [-0.25, -0.2) is 0 Å². The second kappa shape index (κ2) is 6.54. The van der Waals surface area contributed by atoms with E-state index < -0.39 is 4.92 Å². The molecular formula is C16H21N3O4. The minimum absolute atomic E-state index is 0.00782. The number of morpholine rings is 1. The molecule has 2 fully saturated rings. The van der Waals surface area contributed by atoms with Crippen molar-refractivity contribution in [2.24, 2.45) is 0 Å². The first-order chi connectivity index (χ1) is 11.1. The monoisotopic (exact) mass is 319 g/mol. The predicted molar refractivity (Wildman–Crippen MR) is 85.9 cm³/mol. The van der Waals surface area contributed by atoms with E-state index in [2.05, 4.69) is 0 Å². The highest BCUT2D eigenvalue weighted by Crippen LogP contribution is 2.32. The van der Waals surface area contributed by atoms with Crippen LogP contribution in [0.15, 0.2) is 18.2 Å². The lowest BCUT2D eigenvalue weighted by atomic mass is 10.1. The SMILES string of the molecule is CC1CN(C(=O)c2ccc(N3CCCC3)c([N+](=O)[O-])c2)CCO1. The minimum Gasteiger partial charge on any atom is -0.375 e. The molecule has 7 nitrogen and oxygen atoms in total. The summed E-state index contributed by atoms with van der Waals surface area (Å²) in [4.78, 5) is 27.3. The number of carbonyl (C=O) groups is 1. The van der Waals surface area contributed by atoms with E-state index in [4.69, 9.17) is 4.74 Å². The lowest BCUT2D eigenvalue weighted by Gasteiger charge is -2.31. The first kappa shape index (κ1) is 15.7. The van der Waals surface area contributed by atoms with Crippen molar-refractivity contribution in [3.05, 3.63) is 33.9 Å². The minimum atomic E-state index is -0.396. The number of ether oxygens (including phenoxy) is 1. The summed E-state index contributed by atoms with van der Waals surface area (Å²) >= 11 is 0. The number of hydrogen-bond donors (Lipinski definition) is 0. The summed E-state index contributed by atoms with van der Waals surface area (Å²) in [5.41, 5.74) is 0.993. The first-order valence-electron chi connectivity index (χ1n) is 8.00. The zero-order valence-corrected chi connectivity index (χ0v) is 13.2. The van der Waals surface area contributed by atoms with Crippen LogP contribution in [0.4, 0.5) is 11.4 Å². The first-order valence-corrected chi connectivity index (χ1v) is 8.00. The van der Waals surface area contributed by atoms with E-state index in [1.165, 1.54) is 6.07 Å². The maximum absolute atomic E-state index is 12.6. The van der Waals surface area contributed by atoms with Gasteiger partial charge in [-0.05, 0) is 31.9 Å². The molecule has 2 aliphatic heterocycles. The van der Waals surface area contributed by atoms with Crippen molar-refractivity contribution in [3.8, 4) is 0 Å². The number of nitro benzene ring substituents is 1. The molecular weight excluding hydrogens is 298 g/mol. The van der Waals surface area contributed by atoms with Gasteiger partial charge in [0.1, 0.15) is 5.69 Å². The van der Waals surface area contributed by atoms with E-state index in [-0.39, 0.29) is 17.7 Å². The van der Waals surface area contributed by atoms with Crippen LogP contribution in [-0.4, -0.2) is 54.6 Å². The second-order valence-electron chi connectivity index (χ2n) is 6.09. The molecule has 1 aromatic rings. The number of carbonyl (C=O) groups excluding carboxylic acids is 1. The molecule has 2 saturated heterocycles. The number of hydrogen-bond acceptors (Lipinski definition) is 5. The summed E-state index contributed by atoms with van der Waals surface area (Å²) in [7, 11) is 0. The van der Waals surface area contributed by atoms with Gasteiger partial charge in [0, 0.05) is 37.8 Å². The standard InChI is InChI=1S/C16H21N3O4/c1-12-11-18(8-9-23-12)16(20)13-4-5-14(15(10-13)19(21)22)17-6-2-3-7-17/h4-5,10,12H,2-3,6-9,11H2,1H3. The third kappa shape index (κ3) is 3.29. The lowest BCUT2D eigenvalue weighted by molar-refractivity contribution is -0.384. The normalized spacial score (nSPS) is 21.5. The van der Waals surface area contributed by atoms with E-state index in [1.54, 1.807) is 17.0 Å². The van der Waals surface area contributed by atoms with E-state index >= 15 is 0 Å². The van der Waals surface area contributed by atoms with Crippen LogP contribution in [0.3, 0.4) is 0 Å². The average molecular weight is 319 g/mol. The smallest absolute Gasteiger partial charge is 0.293 e. The van der Waals surface area contributed by atoms with E-state index in [0.29, 0.717) is 30.9 Å². The van der Waals surface area contributed by atoms with Crippen molar-refractivity contribution < 1.29 is 14.5 Å². The van der Waals surface area contributed by atoms with E-state index in [0.717, 1.165) is 25.9 Å². The number of nitro groups is 1. The van der Waals surface area contributed by atoms with Crippen LogP contribution in [0.25, 0.3) is 0 Å². The molecule has 1 amide bonds. The summed E-state index contributed by atoms with van der Waals surface area (Å²) in [5, 5.41) is 11.4. The zero-order valence-electron chi connectivity index (χ0n) is 13.2. The largest absolute Gasteiger partial charge is 0.375 e. The van der Waals surface area contributed by atoms with Crippen LogP contribution in [-0.2, 0) is 4.74 Å². The molecule has 0 spiro atoms. The van der Waals surface area contributed by atoms with Gasteiger partial charge >= 0.3 is 0 Å². The highest BCUT2D eigenvalue weighted by molar-refractivity contribution is 5.96. The van der Waals surface area contributed by atoms with Crippen LogP contribution in [0.1, 0.15) is 30.1 Å². The average Bonchev–Trinajstić information content (AvgIpc) is 3.08. The fourth-order valence-electron chi connectivity index (χ4n) is 3.21. The van der Waals surface area contributed by atoms with Crippen LogP contribution in [0.5, 0.6) is 0 Å². The molecule has 0 saturated carbocycles. The Labute approximate surface area is 135 Å². The number of benzene rings is 1.